The normalized spacial score (nSPS) is 15.8. The Morgan fingerprint density at radius 1 is 1.55 bits per heavy atom. The van der Waals surface area contributed by atoms with Crippen LogP contribution in [0.25, 0.3) is 0 Å². The van der Waals surface area contributed by atoms with Crippen molar-refractivity contribution < 1.29 is 14.6 Å². The Kier molecular flexibility index (Phi) is 4.89. The number of nitrogens with zero attached hydrogens (tertiary/aromatic N) is 1. The standard InChI is InChI=1S/C15H20ClNO3/c1-10-9-12(16)3-6-14(10)20-11(2)15(19)17(7-8-18)13-4-5-13/h3,6,9,11,13,18H,4-5,7-8H2,1-2H3. The largest absolute Gasteiger partial charge is 0.481 e. The van der Waals surface area contributed by atoms with Gasteiger partial charge >= 0.3 is 0 Å². The van der Waals surface area contributed by atoms with Crippen molar-refractivity contribution in [3.63, 3.8) is 0 Å². The highest BCUT2D eigenvalue weighted by atomic mass is 35.5. The van der Waals surface area contributed by atoms with Crippen LogP contribution in [0.5, 0.6) is 5.75 Å². The first-order valence-corrected chi connectivity index (χ1v) is 7.25. The second-order valence-electron chi connectivity index (χ2n) is 5.16. The average molecular weight is 298 g/mol. The molecule has 1 aromatic rings. The molecule has 1 aliphatic carbocycles. The third-order valence-corrected chi connectivity index (χ3v) is 3.64. The maximum absolute atomic E-state index is 12.4. The number of amides is 1. The zero-order valence-corrected chi connectivity index (χ0v) is 12.6. The van der Waals surface area contributed by atoms with Gasteiger partial charge in [0.2, 0.25) is 0 Å². The van der Waals surface area contributed by atoms with E-state index >= 15 is 0 Å². The maximum atomic E-state index is 12.4. The Labute approximate surface area is 124 Å². The lowest BCUT2D eigenvalue weighted by molar-refractivity contribution is -0.139. The quantitative estimate of drug-likeness (QED) is 0.877. The van der Waals surface area contributed by atoms with Crippen molar-refractivity contribution in [1.82, 2.24) is 4.90 Å². The number of carbonyl (C=O) groups excluding carboxylic acids is 1. The van der Waals surface area contributed by atoms with E-state index in [0.29, 0.717) is 17.3 Å². The molecule has 1 unspecified atom stereocenters. The molecule has 0 aromatic heterocycles. The van der Waals surface area contributed by atoms with Crippen molar-refractivity contribution in [3.05, 3.63) is 28.8 Å². The molecule has 1 N–H and O–H groups in total. The third kappa shape index (κ3) is 3.64. The molecule has 1 aromatic carbocycles. The van der Waals surface area contributed by atoms with E-state index in [1.54, 1.807) is 30.0 Å². The molecule has 20 heavy (non-hydrogen) atoms. The first-order chi connectivity index (χ1) is 9.52. The zero-order chi connectivity index (χ0) is 14.7. The zero-order valence-electron chi connectivity index (χ0n) is 11.8. The summed E-state index contributed by atoms with van der Waals surface area (Å²) in [6.07, 6.45) is 1.46. The molecule has 0 radical (unpaired) electrons. The topological polar surface area (TPSA) is 49.8 Å². The van der Waals surface area contributed by atoms with Crippen LogP contribution in [0.3, 0.4) is 0 Å². The first-order valence-electron chi connectivity index (χ1n) is 6.87. The molecule has 0 bridgehead atoms. The minimum absolute atomic E-state index is 0.0189. The van der Waals surface area contributed by atoms with Crippen LogP contribution < -0.4 is 4.74 Å². The molecule has 0 heterocycles. The molecule has 0 saturated heterocycles. The van der Waals surface area contributed by atoms with E-state index in [4.69, 9.17) is 21.4 Å². The van der Waals surface area contributed by atoms with Gasteiger partial charge in [0.15, 0.2) is 6.10 Å². The highest BCUT2D eigenvalue weighted by Crippen LogP contribution is 2.28. The van der Waals surface area contributed by atoms with Crippen molar-refractivity contribution in [2.75, 3.05) is 13.2 Å². The Balaban J connectivity index is 2.02. The number of carbonyl (C=O) groups is 1. The lowest BCUT2D eigenvalue weighted by atomic mass is 10.2. The third-order valence-electron chi connectivity index (χ3n) is 3.40. The van der Waals surface area contributed by atoms with Gasteiger partial charge in [-0.05, 0) is 50.5 Å². The maximum Gasteiger partial charge on any atom is 0.263 e. The van der Waals surface area contributed by atoms with Crippen LogP contribution in [-0.2, 0) is 4.79 Å². The van der Waals surface area contributed by atoms with Gasteiger partial charge in [0.25, 0.3) is 5.91 Å². The Morgan fingerprint density at radius 2 is 2.25 bits per heavy atom. The number of benzene rings is 1. The Bertz CT molecular complexity index is 488. The summed E-state index contributed by atoms with van der Waals surface area (Å²) in [4.78, 5) is 14.1. The van der Waals surface area contributed by atoms with E-state index in [2.05, 4.69) is 0 Å². The van der Waals surface area contributed by atoms with Gasteiger partial charge in [-0.3, -0.25) is 4.79 Å². The van der Waals surface area contributed by atoms with E-state index in [-0.39, 0.29) is 18.6 Å². The van der Waals surface area contributed by atoms with Crippen molar-refractivity contribution in [1.29, 1.82) is 0 Å². The molecule has 2 rings (SSSR count). The lowest BCUT2D eigenvalue weighted by Crippen LogP contribution is -2.43. The summed E-state index contributed by atoms with van der Waals surface area (Å²) in [6, 6.07) is 5.59. The van der Waals surface area contributed by atoms with Gasteiger partial charge < -0.3 is 14.7 Å². The number of aliphatic hydroxyl groups is 1. The van der Waals surface area contributed by atoms with Crippen LogP contribution >= 0.6 is 11.6 Å². The number of aryl methyl sites for hydroxylation is 1. The fourth-order valence-corrected chi connectivity index (χ4v) is 2.41. The van der Waals surface area contributed by atoms with Gasteiger partial charge in [0.05, 0.1) is 6.61 Å². The monoisotopic (exact) mass is 297 g/mol. The molecule has 1 fully saturated rings. The molecule has 0 spiro atoms. The predicted molar refractivity (Wildman–Crippen MR) is 78.1 cm³/mol. The number of halogens is 1. The molecule has 1 aliphatic rings. The van der Waals surface area contributed by atoms with Crippen LogP contribution in [0, 0.1) is 6.92 Å². The predicted octanol–water partition coefficient (Wildman–Crippen LogP) is 2.40. The van der Waals surface area contributed by atoms with Gasteiger partial charge in [-0.1, -0.05) is 11.6 Å². The van der Waals surface area contributed by atoms with Gasteiger partial charge in [-0.2, -0.15) is 0 Å². The minimum atomic E-state index is -0.568. The van der Waals surface area contributed by atoms with E-state index < -0.39 is 6.10 Å². The SMILES string of the molecule is Cc1cc(Cl)ccc1OC(C)C(=O)N(CCO)C1CC1. The number of aliphatic hydroxyl groups excluding tert-OH is 1. The van der Waals surface area contributed by atoms with Crippen LogP contribution in [0.1, 0.15) is 25.3 Å². The number of hydrogen-bond donors (Lipinski definition) is 1. The van der Waals surface area contributed by atoms with Gasteiger partial charge in [0, 0.05) is 17.6 Å². The Morgan fingerprint density at radius 3 is 2.80 bits per heavy atom. The fourth-order valence-electron chi connectivity index (χ4n) is 2.19. The van der Waals surface area contributed by atoms with Crippen LogP contribution in [0.2, 0.25) is 5.02 Å². The fraction of sp³-hybridized carbons (Fsp3) is 0.533. The van der Waals surface area contributed by atoms with Crippen LogP contribution in [0.15, 0.2) is 18.2 Å². The summed E-state index contributed by atoms with van der Waals surface area (Å²) in [6.45, 7) is 3.99. The van der Waals surface area contributed by atoms with Crippen molar-refractivity contribution in [3.8, 4) is 5.75 Å². The highest BCUT2D eigenvalue weighted by Gasteiger charge is 2.34. The summed E-state index contributed by atoms with van der Waals surface area (Å²) in [7, 11) is 0. The molecule has 4 nitrogen and oxygen atoms in total. The molecular formula is C15H20ClNO3. The molecule has 0 aliphatic heterocycles. The molecule has 1 saturated carbocycles. The number of hydrogen-bond acceptors (Lipinski definition) is 3. The Hall–Kier alpha value is -1.26. The summed E-state index contributed by atoms with van der Waals surface area (Å²) < 4.78 is 5.74. The number of ether oxygens (including phenoxy) is 1. The van der Waals surface area contributed by atoms with Gasteiger partial charge in [0.1, 0.15) is 5.75 Å². The van der Waals surface area contributed by atoms with E-state index in [1.165, 1.54) is 0 Å². The van der Waals surface area contributed by atoms with Crippen molar-refractivity contribution >= 4 is 17.5 Å². The molecule has 5 heteroatoms. The second kappa shape index (κ2) is 6.46. The van der Waals surface area contributed by atoms with E-state index in [9.17, 15) is 4.79 Å². The van der Waals surface area contributed by atoms with Gasteiger partial charge in [-0.25, -0.2) is 0 Å². The molecule has 1 amide bonds. The summed E-state index contributed by atoms with van der Waals surface area (Å²) in [5, 5.41) is 9.71. The molecule has 1 atom stereocenters. The highest BCUT2D eigenvalue weighted by molar-refractivity contribution is 6.30. The number of rotatable bonds is 6. The van der Waals surface area contributed by atoms with E-state index in [1.807, 2.05) is 6.92 Å². The van der Waals surface area contributed by atoms with E-state index in [0.717, 1.165) is 18.4 Å². The molecule has 110 valence electrons. The average Bonchev–Trinajstić information content (AvgIpc) is 3.22. The van der Waals surface area contributed by atoms with Crippen molar-refractivity contribution in [2.24, 2.45) is 0 Å². The second-order valence-corrected chi connectivity index (χ2v) is 5.59. The summed E-state index contributed by atoms with van der Waals surface area (Å²) >= 11 is 5.90. The first kappa shape index (κ1) is 15.1. The van der Waals surface area contributed by atoms with Crippen LogP contribution in [-0.4, -0.2) is 41.2 Å². The smallest absolute Gasteiger partial charge is 0.263 e. The lowest BCUT2D eigenvalue weighted by Gasteiger charge is -2.25. The summed E-state index contributed by atoms with van der Waals surface area (Å²) in [5.41, 5.74) is 0.900. The minimum Gasteiger partial charge on any atom is -0.481 e. The summed E-state index contributed by atoms with van der Waals surface area (Å²) in [5.74, 6) is 0.589. The molecular weight excluding hydrogens is 278 g/mol. The van der Waals surface area contributed by atoms with Gasteiger partial charge in [-0.15, -0.1) is 0 Å². The van der Waals surface area contributed by atoms with Crippen LogP contribution in [0.4, 0.5) is 0 Å². The van der Waals surface area contributed by atoms with Crippen molar-refractivity contribution in [2.45, 2.75) is 38.8 Å².